The van der Waals surface area contributed by atoms with E-state index in [-0.39, 0.29) is 36.9 Å². The van der Waals surface area contributed by atoms with Crippen molar-refractivity contribution in [3.63, 3.8) is 0 Å². The van der Waals surface area contributed by atoms with E-state index < -0.39 is 5.91 Å². The zero-order chi connectivity index (χ0) is 28.1. The molecule has 1 unspecified atom stereocenters. The molecule has 0 radical (unpaired) electrons. The molecule has 0 bridgehead atoms. The van der Waals surface area contributed by atoms with E-state index in [1.54, 1.807) is 54.3 Å². The summed E-state index contributed by atoms with van der Waals surface area (Å²) in [6, 6.07) is 19.9. The van der Waals surface area contributed by atoms with Crippen LogP contribution in [0.5, 0.6) is 5.75 Å². The highest BCUT2D eigenvalue weighted by atomic mass is 35.5. The van der Waals surface area contributed by atoms with Crippen molar-refractivity contribution in [1.29, 1.82) is 0 Å². The van der Waals surface area contributed by atoms with Crippen molar-refractivity contribution >= 4 is 29.4 Å². The first-order valence-corrected chi connectivity index (χ1v) is 13.2. The van der Waals surface area contributed by atoms with Crippen molar-refractivity contribution in [3.8, 4) is 22.7 Å². The van der Waals surface area contributed by atoms with E-state index in [2.05, 4.69) is 10.3 Å². The fraction of sp³-hybridized carbons (Fsp3) is 0.233. The molecule has 1 N–H and O–H groups in total. The van der Waals surface area contributed by atoms with Crippen LogP contribution >= 0.6 is 11.6 Å². The van der Waals surface area contributed by atoms with Crippen molar-refractivity contribution < 1.29 is 23.5 Å². The number of nitrogens with one attached hydrogen (secondary N) is 1. The SMILES string of the molecule is COc1ccc(-c2cn(-c3ccc(F)cc3)c(NC(=O)CN(CC3CCCO3)C(=O)c3ccccc3Cl)n2)cc1. The predicted octanol–water partition coefficient (Wildman–Crippen LogP) is 5.60. The molecule has 8 nitrogen and oxygen atoms in total. The Labute approximate surface area is 236 Å². The van der Waals surface area contributed by atoms with Crippen LogP contribution in [0.15, 0.2) is 79.0 Å². The second-order valence-electron chi connectivity index (χ2n) is 9.37. The minimum absolute atomic E-state index is 0.165. The van der Waals surface area contributed by atoms with E-state index in [0.29, 0.717) is 34.3 Å². The molecule has 0 saturated carbocycles. The highest BCUT2D eigenvalue weighted by Crippen LogP contribution is 2.27. The Morgan fingerprint density at radius 1 is 1.12 bits per heavy atom. The molecule has 4 aromatic rings. The van der Waals surface area contributed by atoms with Crippen molar-refractivity contribution in [1.82, 2.24) is 14.5 Å². The molecule has 1 fully saturated rings. The molecular formula is C30H28ClFN4O4. The van der Waals surface area contributed by atoms with Gasteiger partial charge in [0.2, 0.25) is 11.9 Å². The van der Waals surface area contributed by atoms with Crippen LogP contribution in [-0.2, 0) is 9.53 Å². The highest BCUT2D eigenvalue weighted by Gasteiger charge is 2.27. The molecule has 1 aromatic heterocycles. The zero-order valence-corrected chi connectivity index (χ0v) is 22.6. The van der Waals surface area contributed by atoms with Gasteiger partial charge in [-0.1, -0.05) is 23.7 Å². The smallest absolute Gasteiger partial charge is 0.255 e. The number of carbonyl (C=O) groups is 2. The minimum atomic E-state index is -0.450. The number of hydrogen-bond acceptors (Lipinski definition) is 5. The molecule has 1 atom stereocenters. The Balaban J connectivity index is 1.42. The van der Waals surface area contributed by atoms with Gasteiger partial charge in [0.25, 0.3) is 5.91 Å². The predicted molar refractivity (Wildman–Crippen MR) is 150 cm³/mol. The van der Waals surface area contributed by atoms with E-state index in [1.165, 1.54) is 17.0 Å². The molecule has 5 rings (SSSR count). The number of ether oxygens (including phenoxy) is 2. The van der Waals surface area contributed by atoms with Crippen molar-refractivity contribution in [2.24, 2.45) is 0 Å². The molecule has 40 heavy (non-hydrogen) atoms. The lowest BCUT2D eigenvalue weighted by Gasteiger charge is -2.25. The highest BCUT2D eigenvalue weighted by molar-refractivity contribution is 6.33. The maximum Gasteiger partial charge on any atom is 0.255 e. The summed E-state index contributed by atoms with van der Waals surface area (Å²) in [6.07, 6.45) is 3.29. The lowest BCUT2D eigenvalue weighted by atomic mass is 10.1. The quantitative estimate of drug-likeness (QED) is 0.287. The van der Waals surface area contributed by atoms with Gasteiger partial charge in [0.05, 0.1) is 29.5 Å². The number of carbonyl (C=O) groups excluding carboxylic acids is 2. The van der Waals surface area contributed by atoms with Gasteiger partial charge in [0.1, 0.15) is 18.1 Å². The van der Waals surface area contributed by atoms with E-state index in [1.807, 2.05) is 24.3 Å². The minimum Gasteiger partial charge on any atom is -0.497 e. The van der Waals surface area contributed by atoms with E-state index in [0.717, 1.165) is 18.4 Å². The number of rotatable bonds is 9. The van der Waals surface area contributed by atoms with Crippen LogP contribution in [0.1, 0.15) is 23.2 Å². The lowest BCUT2D eigenvalue weighted by Crippen LogP contribution is -2.42. The second kappa shape index (κ2) is 12.3. The topological polar surface area (TPSA) is 85.7 Å². The number of hydrogen-bond donors (Lipinski definition) is 1. The summed E-state index contributed by atoms with van der Waals surface area (Å²) in [7, 11) is 1.59. The molecule has 0 aliphatic carbocycles. The number of benzene rings is 3. The van der Waals surface area contributed by atoms with Crippen LogP contribution in [0.2, 0.25) is 5.02 Å². The summed E-state index contributed by atoms with van der Waals surface area (Å²) >= 11 is 6.30. The number of nitrogens with zero attached hydrogens (tertiary/aromatic N) is 3. The largest absolute Gasteiger partial charge is 0.497 e. The third-order valence-electron chi connectivity index (χ3n) is 6.62. The molecule has 10 heteroatoms. The number of methoxy groups -OCH3 is 1. The van der Waals surface area contributed by atoms with E-state index in [4.69, 9.17) is 21.1 Å². The molecule has 2 heterocycles. The number of imidazole rings is 1. The van der Waals surface area contributed by atoms with Gasteiger partial charge in [-0.15, -0.1) is 0 Å². The van der Waals surface area contributed by atoms with Crippen LogP contribution in [0, 0.1) is 5.82 Å². The summed E-state index contributed by atoms with van der Waals surface area (Å²) in [5.41, 5.74) is 2.30. The maximum atomic E-state index is 13.6. The Morgan fingerprint density at radius 3 is 2.55 bits per heavy atom. The molecule has 0 spiro atoms. The summed E-state index contributed by atoms with van der Waals surface area (Å²) < 4.78 is 26.3. The molecule has 1 saturated heterocycles. The Bertz CT molecular complexity index is 1480. The van der Waals surface area contributed by atoms with Gasteiger partial charge in [-0.2, -0.15) is 0 Å². The fourth-order valence-electron chi connectivity index (χ4n) is 4.56. The number of halogens is 2. The van der Waals surface area contributed by atoms with Crippen LogP contribution in [-0.4, -0.2) is 59.2 Å². The average molecular weight is 563 g/mol. The first-order valence-electron chi connectivity index (χ1n) is 12.9. The number of anilines is 1. The standard InChI is InChI=1S/C30H28ClFN4O4/c1-39-23-14-8-20(9-15-23)27-18-36(22-12-10-21(32)11-13-22)30(33-27)34-28(37)19-35(17-24-5-4-16-40-24)29(38)25-6-2-3-7-26(25)31/h2-3,6-15,18,24H,4-5,16-17,19H2,1H3,(H,33,34,37). The molecule has 2 amide bonds. The summed E-state index contributed by atoms with van der Waals surface area (Å²) in [5.74, 6) is -0.271. The van der Waals surface area contributed by atoms with Crippen LogP contribution in [0.25, 0.3) is 16.9 Å². The molecule has 1 aliphatic rings. The third-order valence-corrected chi connectivity index (χ3v) is 6.95. The van der Waals surface area contributed by atoms with Crippen LogP contribution < -0.4 is 10.1 Å². The van der Waals surface area contributed by atoms with Crippen molar-refractivity contribution in [2.75, 3.05) is 32.1 Å². The molecule has 1 aliphatic heterocycles. The van der Waals surface area contributed by atoms with Gasteiger partial charge in [-0.25, -0.2) is 9.37 Å². The van der Waals surface area contributed by atoms with Gasteiger partial charge in [0.15, 0.2) is 0 Å². The van der Waals surface area contributed by atoms with E-state index in [9.17, 15) is 14.0 Å². The summed E-state index contributed by atoms with van der Waals surface area (Å²) in [6.45, 7) is 0.632. The third kappa shape index (κ3) is 6.32. The van der Waals surface area contributed by atoms with Gasteiger partial charge >= 0.3 is 0 Å². The first kappa shape index (κ1) is 27.4. The summed E-state index contributed by atoms with van der Waals surface area (Å²) in [5, 5.41) is 3.15. The van der Waals surface area contributed by atoms with Gasteiger partial charge < -0.3 is 14.4 Å². The monoisotopic (exact) mass is 562 g/mol. The van der Waals surface area contributed by atoms with Crippen molar-refractivity contribution in [2.45, 2.75) is 18.9 Å². The first-order chi connectivity index (χ1) is 19.4. The molecule has 3 aromatic carbocycles. The molecular weight excluding hydrogens is 535 g/mol. The van der Waals surface area contributed by atoms with Gasteiger partial charge in [-0.05, 0) is 73.5 Å². The number of aromatic nitrogens is 2. The van der Waals surface area contributed by atoms with Crippen molar-refractivity contribution in [3.05, 3.63) is 95.4 Å². The summed E-state index contributed by atoms with van der Waals surface area (Å²) in [4.78, 5) is 32.9. The maximum absolute atomic E-state index is 13.6. The Kier molecular flexibility index (Phi) is 8.42. The Hall–Kier alpha value is -4.21. The van der Waals surface area contributed by atoms with Gasteiger partial charge in [-0.3, -0.25) is 19.5 Å². The number of amides is 2. The van der Waals surface area contributed by atoms with Crippen LogP contribution in [0.3, 0.4) is 0 Å². The lowest BCUT2D eigenvalue weighted by molar-refractivity contribution is -0.117. The second-order valence-corrected chi connectivity index (χ2v) is 9.78. The zero-order valence-electron chi connectivity index (χ0n) is 21.8. The Morgan fingerprint density at radius 2 is 1.88 bits per heavy atom. The fourth-order valence-corrected chi connectivity index (χ4v) is 4.78. The molecule has 206 valence electrons. The van der Waals surface area contributed by atoms with Gasteiger partial charge in [0, 0.05) is 30.6 Å². The normalized spacial score (nSPS) is 14.6. The van der Waals surface area contributed by atoms with Crippen LogP contribution in [0.4, 0.5) is 10.3 Å². The average Bonchev–Trinajstić information content (AvgIpc) is 3.63. The van der Waals surface area contributed by atoms with E-state index >= 15 is 0 Å².